The minimum Gasteiger partial charge on any atom is -0.443 e. The van der Waals surface area contributed by atoms with Gasteiger partial charge < -0.3 is 10.5 Å². The predicted octanol–water partition coefficient (Wildman–Crippen LogP) is 0.501. The van der Waals surface area contributed by atoms with Crippen LogP contribution in [0.15, 0.2) is 29.2 Å². The van der Waals surface area contributed by atoms with E-state index in [1.54, 1.807) is 6.92 Å². The predicted molar refractivity (Wildman–Crippen MR) is 49.0 cm³/mol. The fourth-order valence-corrected chi connectivity index (χ4v) is 0.747. The van der Waals surface area contributed by atoms with Gasteiger partial charge in [-0.2, -0.15) is 0 Å². The van der Waals surface area contributed by atoms with Crippen LogP contribution in [0.1, 0.15) is 6.92 Å². The third-order valence-corrected chi connectivity index (χ3v) is 1.37. The van der Waals surface area contributed by atoms with E-state index in [4.69, 9.17) is 5.73 Å². The van der Waals surface area contributed by atoms with Crippen molar-refractivity contribution >= 4 is 11.8 Å². The number of carbonyl (C=O) groups excluding carboxylic acids is 1. The van der Waals surface area contributed by atoms with Crippen molar-refractivity contribution in [3.8, 4) is 0 Å². The standard InChI is InChI=1S/C8H11N3O2/c1-5(9)3-10-7-4-13-8(12)11-6(7)2/h3H,2,4,9H2,1H3,(H,11,12)/b5-3-,10-7-. The van der Waals surface area contributed by atoms with E-state index < -0.39 is 6.09 Å². The Kier molecular flexibility index (Phi) is 2.69. The van der Waals surface area contributed by atoms with Crippen LogP contribution < -0.4 is 11.1 Å². The minimum atomic E-state index is -0.502. The number of ether oxygens (including phenoxy) is 1. The highest BCUT2D eigenvalue weighted by Crippen LogP contribution is 2.01. The summed E-state index contributed by atoms with van der Waals surface area (Å²) in [5, 5.41) is 2.40. The molecule has 0 radical (unpaired) electrons. The number of alkyl carbamates (subject to hydrolysis) is 1. The van der Waals surface area contributed by atoms with Crippen molar-refractivity contribution in [2.45, 2.75) is 6.92 Å². The topological polar surface area (TPSA) is 76.7 Å². The summed E-state index contributed by atoms with van der Waals surface area (Å²) in [4.78, 5) is 14.7. The molecule has 0 aromatic rings. The lowest BCUT2D eigenvalue weighted by Crippen LogP contribution is -2.36. The largest absolute Gasteiger partial charge is 0.443 e. The third kappa shape index (κ3) is 2.62. The van der Waals surface area contributed by atoms with Gasteiger partial charge >= 0.3 is 6.09 Å². The monoisotopic (exact) mass is 181 g/mol. The van der Waals surface area contributed by atoms with E-state index in [9.17, 15) is 4.79 Å². The average molecular weight is 181 g/mol. The van der Waals surface area contributed by atoms with E-state index in [2.05, 4.69) is 21.6 Å². The number of carbonyl (C=O) groups is 1. The number of nitrogens with zero attached hydrogens (tertiary/aromatic N) is 1. The maximum atomic E-state index is 10.7. The number of allylic oxidation sites excluding steroid dienone is 1. The lowest BCUT2D eigenvalue weighted by Gasteiger charge is -2.16. The number of cyclic esters (lactones) is 1. The minimum absolute atomic E-state index is 0.133. The molecule has 1 aliphatic rings. The molecular formula is C8H11N3O2. The number of aliphatic imine (C=N–C) groups is 1. The van der Waals surface area contributed by atoms with Crippen LogP contribution in [0, 0.1) is 0 Å². The summed E-state index contributed by atoms with van der Waals surface area (Å²) < 4.78 is 4.68. The summed E-state index contributed by atoms with van der Waals surface area (Å²) in [6.45, 7) is 5.46. The lowest BCUT2D eigenvalue weighted by molar-refractivity contribution is 0.161. The summed E-state index contributed by atoms with van der Waals surface area (Å²) in [6.07, 6.45) is 0.985. The molecule has 5 heteroatoms. The summed E-state index contributed by atoms with van der Waals surface area (Å²) in [5.74, 6) is 0. The van der Waals surface area contributed by atoms with Crippen LogP contribution in [0.3, 0.4) is 0 Å². The number of amides is 1. The highest BCUT2D eigenvalue weighted by molar-refractivity contribution is 6.05. The van der Waals surface area contributed by atoms with E-state index in [1.165, 1.54) is 6.20 Å². The van der Waals surface area contributed by atoms with Gasteiger partial charge in [-0.25, -0.2) is 4.79 Å². The summed E-state index contributed by atoms with van der Waals surface area (Å²) in [5.41, 5.74) is 6.99. The normalized spacial score (nSPS) is 21.3. The van der Waals surface area contributed by atoms with Crippen molar-refractivity contribution in [3.05, 3.63) is 24.2 Å². The molecule has 0 aromatic heterocycles. The Morgan fingerprint density at radius 3 is 3.08 bits per heavy atom. The molecule has 3 N–H and O–H groups in total. The van der Waals surface area contributed by atoms with Gasteiger partial charge in [0.25, 0.3) is 0 Å². The van der Waals surface area contributed by atoms with Gasteiger partial charge in [-0.3, -0.25) is 10.3 Å². The van der Waals surface area contributed by atoms with E-state index >= 15 is 0 Å². The molecule has 0 unspecified atom stereocenters. The van der Waals surface area contributed by atoms with Gasteiger partial charge in [-0.15, -0.1) is 0 Å². The van der Waals surface area contributed by atoms with Crippen LogP contribution in [0.2, 0.25) is 0 Å². The molecule has 1 amide bonds. The van der Waals surface area contributed by atoms with Crippen molar-refractivity contribution in [1.29, 1.82) is 0 Å². The van der Waals surface area contributed by atoms with Crippen LogP contribution in [0.4, 0.5) is 4.79 Å². The van der Waals surface area contributed by atoms with Gasteiger partial charge in [0.1, 0.15) is 12.3 Å². The van der Waals surface area contributed by atoms with Gasteiger partial charge in [-0.1, -0.05) is 6.58 Å². The smallest absolute Gasteiger partial charge is 0.412 e. The van der Waals surface area contributed by atoms with Crippen molar-refractivity contribution in [2.75, 3.05) is 6.61 Å². The van der Waals surface area contributed by atoms with Gasteiger partial charge in [0.15, 0.2) is 0 Å². The van der Waals surface area contributed by atoms with Crippen LogP contribution in [-0.2, 0) is 4.74 Å². The summed E-state index contributed by atoms with van der Waals surface area (Å²) in [7, 11) is 0. The lowest BCUT2D eigenvalue weighted by atomic mass is 10.3. The Morgan fingerprint density at radius 1 is 1.85 bits per heavy atom. The van der Waals surface area contributed by atoms with Gasteiger partial charge in [0, 0.05) is 11.9 Å². The molecule has 1 aliphatic heterocycles. The zero-order chi connectivity index (χ0) is 9.84. The number of hydrogen-bond donors (Lipinski definition) is 2. The van der Waals surface area contributed by atoms with Crippen molar-refractivity contribution in [1.82, 2.24) is 5.32 Å². The molecule has 1 fully saturated rings. The Bertz CT molecular complexity index is 301. The molecule has 0 aromatic carbocycles. The molecule has 1 saturated heterocycles. The molecule has 0 aliphatic carbocycles. The Hall–Kier alpha value is -1.78. The number of nitrogens with one attached hydrogen (secondary N) is 1. The van der Waals surface area contributed by atoms with Crippen LogP contribution >= 0.6 is 0 Å². The van der Waals surface area contributed by atoms with Crippen LogP contribution in [-0.4, -0.2) is 18.4 Å². The van der Waals surface area contributed by atoms with Crippen LogP contribution in [0.5, 0.6) is 0 Å². The molecule has 70 valence electrons. The molecule has 13 heavy (non-hydrogen) atoms. The SMILES string of the molecule is C=C1NC(=O)OC/C1=N/C=C(/C)N. The first-order valence-corrected chi connectivity index (χ1v) is 3.71. The van der Waals surface area contributed by atoms with E-state index in [0.717, 1.165) is 0 Å². The third-order valence-electron chi connectivity index (χ3n) is 1.37. The molecule has 0 atom stereocenters. The highest BCUT2D eigenvalue weighted by atomic mass is 16.6. The molecule has 0 bridgehead atoms. The highest BCUT2D eigenvalue weighted by Gasteiger charge is 2.16. The van der Waals surface area contributed by atoms with Crippen molar-refractivity contribution < 1.29 is 9.53 Å². The average Bonchev–Trinajstić information content (AvgIpc) is 2.02. The second-order valence-electron chi connectivity index (χ2n) is 2.63. The molecule has 0 saturated carbocycles. The Morgan fingerprint density at radius 2 is 2.54 bits per heavy atom. The fourth-order valence-electron chi connectivity index (χ4n) is 0.747. The van der Waals surface area contributed by atoms with Gasteiger partial charge in [0.2, 0.25) is 0 Å². The zero-order valence-electron chi connectivity index (χ0n) is 7.33. The first kappa shape index (κ1) is 9.31. The maximum Gasteiger partial charge on any atom is 0.412 e. The number of rotatable bonds is 1. The van der Waals surface area contributed by atoms with Gasteiger partial charge in [0.05, 0.1) is 5.70 Å². The summed E-state index contributed by atoms with van der Waals surface area (Å²) >= 11 is 0. The zero-order valence-corrected chi connectivity index (χ0v) is 7.33. The van der Waals surface area contributed by atoms with E-state index in [-0.39, 0.29) is 6.61 Å². The molecule has 1 heterocycles. The van der Waals surface area contributed by atoms with Crippen molar-refractivity contribution in [3.63, 3.8) is 0 Å². The fraction of sp³-hybridized carbons (Fsp3) is 0.250. The second-order valence-corrected chi connectivity index (χ2v) is 2.63. The van der Waals surface area contributed by atoms with E-state index in [1.807, 2.05) is 0 Å². The number of hydrogen-bond acceptors (Lipinski definition) is 4. The van der Waals surface area contributed by atoms with E-state index in [0.29, 0.717) is 17.1 Å². The summed E-state index contributed by atoms with van der Waals surface area (Å²) in [6, 6.07) is 0. The Labute approximate surface area is 76.0 Å². The first-order valence-electron chi connectivity index (χ1n) is 3.71. The Balaban J connectivity index is 2.72. The van der Waals surface area contributed by atoms with Crippen molar-refractivity contribution in [2.24, 2.45) is 10.7 Å². The quantitative estimate of drug-likeness (QED) is 0.618. The van der Waals surface area contributed by atoms with Crippen LogP contribution in [0.25, 0.3) is 0 Å². The molecule has 1 rings (SSSR count). The maximum absolute atomic E-state index is 10.7. The first-order chi connectivity index (χ1) is 6.09. The molecular weight excluding hydrogens is 170 g/mol. The second kappa shape index (κ2) is 3.75. The van der Waals surface area contributed by atoms with Gasteiger partial charge in [-0.05, 0) is 6.92 Å². The number of nitrogens with two attached hydrogens (primary N) is 1. The molecule has 5 nitrogen and oxygen atoms in total. The molecule has 0 spiro atoms.